The second kappa shape index (κ2) is 52.9. The van der Waals surface area contributed by atoms with Gasteiger partial charge in [0.25, 0.3) is 0 Å². The third-order valence-electron chi connectivity index (χ3n) is 11.1. The molecule has 6 nitrogen and oxygen atoms in total. The van der Waals surface area contributed by atoms with Gasteiger partial charge < -0.3 is 14.2 Å². The van der Waals surface area contributed by atoms with E-state index in [4.69, 9.17) is 14.2 Å². The fourth-order valence-electron chi connectivity index (χ4n) is 7.10. The maximum atomic E-state index is 12.8. The summed E-state index contributed by atoms with van der Waals surface area (Å²) in [5.41, 5.74) is 0. The Bertz CT molecular complexity index is 1310. The van der Waals surface area contributed by atoms with E-state index in [1.165, 1.54) is 70.6 Å². The minimum atomic E-state index is -0.817. The number of carbonyl (C=O) groups excluding carboxylic acids is 3. The predicted octanol–water partition coefficient (Wildman–Crippen LogP) is 17.8. The van der Waals surface area contributed by atoms with Crippen LogP contribution in [0.1, 0.15) is 239 Å². The van der Waals surface area contributed by atoms with E-state index in [0.29, 0.717) is 19.3 Å². The van der Waals surface area contributed by atoms with Crippen molar-refractivity contribution in [1.82, 2.24) is 0 Å². The fourth-order valence-corrected chi connectivity index (χ4v) is 7.10. The summed E-state index contributed by atoms with van der Waals surface area (Å²) in [5.74, 6) is -0.993. The minimum absolute atomic E-state index is 0.110. The summed E-state index contributed by atoms with van der Waals surface area (Å²) in [6.45, 7) is 6.35. The van der Waals surface area contributed by atoms with E-state index in [1.807, 2.05) is 0 Å². The van der Waals surface area contributed by atoms with Gasteiger partial charge in [-0.15, -0.1) is 0 Å². The standard InChI is InChI=1S/C59H98O6/c1-4-7-10-13-16-19-22-25-27-29-31-32-34-37-40-43-46-49-52-58(61)64-55-56(54-63-57(60)51-48-45-42-39-36-24-21-18-15-12-9-6-3)65-59(62)53-50-47-44-41-38-35-33-30-28-26-23-20-17-14-11-8-5-2/h8-9,11-12,17-18,20-21,26,28,31-33,35,41,44,56H,4-7,10,13-16,19,22-25,27,29-30,34,36-40,42-43,45-55H2,1-3H3/b11-8-,12-9-,20-17-,21-18-,28-26-,32-31-,35-33-,44-41-. The lowest BCUT2D eigenvalue weighted by Gasteiger charge is -2.18. The van der Waals surface area contributed by atoms with Crippen molar-refractivity contribution in [2.45, 2.75) is 245 Å². The van der Waals surface area contributed by atoms with Gasteiger partial charge in [0.2, 0.25) is 0 Å². The Morgan fingerprint density at radius 3 is 1.00 bits per heavy atom. The molecule has 0 saturated heterocycles. The third-order valence-corrected chi connectivity index (χ3v) is 11.1. The largest absolute Gasteiger partial charge is 0.462 e. The van der Waals surface area contributed by atoms with Crippen molar-refractivity contribution >= 4 is 17.9 Å². The zero-order chi connectivity index (χ0) is 47.2. The van der Waals surface area contributed by atoms with Crippen LogP contribution in [0.5, 0.6) is 0 Å². The Balaban J connectivity index is 4.48. The number of hydrogen-bond donors (Lipinski definition) is 0. The molecule has 0 bridgehead atoms. The number of esters is 3. The lowest BCUT2D eigenvalue weighted by atomic mass is 10.1. The maximum absolute atomic E-state index is 12.8. The second-order valence-electron chi connectivity index (χ2n) is 17.4. The summed E-state index contributed by atoms with van der Waals surface area (Å²) in [5, 5.41) is 0. The minimum Gasteiger partial charge on any atom is -0.462 e. The molecular weight excluding hydrogens is 805 g/mol. The van der Waals surface area contributed by atoms with E-state index in [-0.39, 0.29) is 37.5 Å². The zero-order valence-electron chi connectivity index (χ0n) is 42.2. The molecule has 0 heterocycles. The van der Waals surface area contributed by atoms with Crippen LogP contribution in [-0.2, 0) is 28.6 Å². The summed E-state index contributed by atoms with van der Waals surface area (Å²) in [4.78, 5) is 38.0. The van der Waals surface area contributed by atoms with Crippen molar-refractivity contribution in [3.05, 3.63) is 97.2 Å². The van der Waals surface area contributed by atoms with Crippen molar-refractivity contribution in [2.24, 2.45) is 0 Å². The van der Waals surface area contributed by atoms with Crippen LogP contribution in [0.4, 0.5) is 0 Å². The summed E-state index contributed by atoms with van der Waals surface area (Å²) in [7, 11) is 0. The smallest absolute Gasteiger partial charge is 0.306 e. The lowest BCUT2D eigenvalue weighted by molar-refractivity contribution is -0.167. The van der Waals surface area contributed by atoms with Crippen molar-refractivity contribution < 1.29 is 28.6 Å². The molecule has 0 saturated carbocycles. The third kappa shape index (κ3) is 51.2. The first-order valence-corrected chi connectivity index (χ1v) is 26.7. The van der Waals surface area contributed by atoms with Gasteiger partial charge in [-0.2, -0.15) is 0 Å². The molecule has 0 aromatic rings. The van der Waals surface area contributed by atoms with Crippen LogP contribution >= 0.6 is 0 Å². The molecular formula is C59H98O6. The molecule has 6 heteroatoms. The Labute approximate surface area is 400 Å². The van der Waals surface area contributed by atoms with Gasteiger partial charge >= 0.3 is 17.9 Å². The van der Waals surface area contributed by atoms with E-state index in [1.54, 1.807) is 0 Å². The van der Waals surface area contributed by atoms with Gasteiger partial charge in [-0.05, 0) is 109 Å². The highest BCUT2D eigenvalue weighted by molar-refractivity contribution is 5.71. The number of ether oxygens (including phenoxy) is 3. The molecule has 1 unspecified atom stereocenters. The van der Waals surface area contributed by atoms with Crippen LogP contribution < -0.4 is 0 Å². The molecule has 0 amide bonds. The van der Waals surface area contributed by atoms with Crippen LogP contribution in [0.2, 0.25) is 0 Å². The highest BCUT2D eigenvalue weighted by atomic mass is 16.6. The Kier molecular flexibility index (Phi) is 50.0. The topological polar surface area (TPSA) is 78.9 Å². The van der Waals surface area contributed by atoms with Crippen LogP contribution in [0.15, 0.2) is 97.2 Å². The molecule has 0 aromatic heterocycles. The molecule has 0 aliphatic rings. The van der Waals surface area contributed by atoms with Crippen molar-refractivity contribution in [3.8, 4) is 0 Å². The summed E-state index contributed by atoms with van der Waals surface area (Å²) < 4.78 is 16.7. The van der Waals surface area contributed by atoms with Crippen molar-refractivity contribution in [2.75, 3.05) is 13.2 Å². The quantitative estimate of drug-likeness (QED) is 0.0262. The summed E-state index contributed by atoms with van der Waals surface area (Å²) in [6, 6.07) is 0. The number of allylic oxidation sites excluding steroid dienone is 16. The molecule has 0 N–H and O–H groups in total. The molecule has 0 radical (unpaired) electrons. The van der Waals surface area contributed by atoms with E-state index in [9.17, 15) is 14.4 Å². The lowest BCUT2D eigenvalue weighted by Crippen LogP contribution is -2.30. The van der Waals surface area contributed by atoms with E-state index < -0.39 is 6.10 Å². The fraction of sp³-hybridized carbons (Fsp3) is 0.678. The summed E-state index contributed by atoms with van der Waals surface area (Å²) in [6.07, 6.45) is 69.7. The van der Waals surface area contributed by atoms with Gasteiger partial charge in [0.1, 0.15) is 13.2 Å². The monoisotopic (exact) mass is 903 g/mol. The first-order chi connectivity index (χ1) is 32.0. The van der Waals surface area contributed by atoms with Crippen LogP contribution in [0.3, 0.4) is 0 Å². The second-order valence-corrected chi connectivity index (χ2v) is 17.4. The zero-order valence-corrected chi connectivity index (χ0v) is 42.2. The van der Waals surface area contributed by atoms with Gasteiger partial charge in [0, 0.05) is 19.3 Å². The van der Waals surface area contributed by atoms with Gasteiger partial charge in [-0.25, -0.2) is 0 Å². The highest BCUT2D eigenvalue weighted by Crippen LogP contribution is 2.14. The average molecular weight is 903 g/mol. The van der Waals surface area contributed by atoms with Crippen LogP contribution in [0, 0.1) is 0 Å². The SMILES string of the molecule is CC/C=C\C/C=C\C/C=C\C/C=C\C/C=C\CCCC(=O)OC(COC(=O)CCCCCCC/C=C\C/C=C\CC)COC(=O)CCCCCCC/C=C\CCCCCCCCCCC. The Morgan fingerprint density at radius 2 is 0.615 bits per heavy atom. The molecule has 0 fully saturated rings. The number of hydrogen-bond acceptors (Lipinski definition) is 6. The molecule has 1 atom stereocenters. The van der Waals surface area contributed by atoms with Gasteiger partial charge in [0.15, 0.2) is 6.10 Å². The highest BCUT2D eigenvalue weighted by Gasteiger charge is 2.19. The van der Waals surface area contributed by atoms with E-state index in [2.05, 4.69) is 118 Å². The van der Waals surface area contributed by atoms with Crippen molar-refractivity contribution in [1.29, 1.82) is 0 Å². The molecule has 0 rings (SSSR count). The molecule has 370 valence electrons. The first kappa shape index (κ1) is 61.3. The average Bonchev–Trinajstić information content (AvgIpc) is 3.30. The van der Waals surface area contributed by atoms with E-state index in [0.717, 1.165) is 122 Å². The number of rotatable bonds is 47. The van der Waals surface area contributed by atoms with Gasteiger partial charge in [-0.3, -0.25) is 14.4 Å². The van der Waals surface area contributed by atoms with Crippen LogP contribution in [-0.4, -0.2) is 37.2 Å². The maximum Gasteiger partial charge on any atom is 0.306 e. The molecule has 65 heavy (non-hydrogen) atoms. The van der Waals surface area contributed by atoms with E-state index >= 15 is 0 Å². The molecule has 0 aromatic carbocycles. The molecule has 0 aliphatic heterocycles. The van der Waals surface area contributed by atoms with Gasteiger partial charge in [-0.1, -0.05) is 208 Å². The Morgan fingerprint density at radius 1 is 0.323 bits per heavy atom. The predicted molar refractivity (Wildman–Crippen MR) is 279 cm³/mol. The van der Waals surface area contributed by atoms with Gasteiger partial charge in [0.05, 0.1) is 0 Å². The Hall–Kier alpha value is -3.67. The molecule has 0 spiro atoms. The number of unbranched alkanes of at least 4 members (excludes halogenated alkanes) is 20. The van der Waals surface area contributed by atoms with Crippen molar-refractivity contribution in [3.63, 3.8) is 0 Å². The first-order valence-electron chi connectivity index (χ1n) is 26.7. The summed E-state index contributed by atoms with van der Waals surface area (Å²) >= 11 is 0. The van der Waals surface area contributed by atoms with Crippen LogP contribution in [0.25, 0.3) is 0 Å². The number of carbonyl (C=O) groups is 3. The normalized spacial score (nSPS) is 12.8. The molecule has 0 aliphatic carbocycles.